The van der Waals surface area contributed by atoms with Crippen molar-refractivity contribution in [3.63, 3.8) is 0 Å². The first kappa shape index (κ1) is 9.86. The second-order valence-electron chi connectivity index (χ2n) is 3.88. The Bertz CT molecular complexity index is 328. The summed E-state index contributed by atoms with van der Waals surface area (Å²) < 4.78 is 14.4. The molecule has 1 aromatic heterocycles. The third-order valence-electron chi connectivity index (χ3n) is 2.70. The number of rotatable bonds is 1. The molecule has 1 saturated carbocycles. The Morgan fingerprint density at radius 1 is 1.64 bits per heavy atom. The van der Waals surface area contributed by atoms with Gasteiger partial charge in [0.15, 0.2) is 5.13 Å². The van der Waals surface area contributed by atoms with Gasteiger partial charge in [-0.15, -0.1) is 0 Å². The third-order valence-corrected chi connectivity index (χ3v) is 3.70. The van der Waals surface area contributed by atoms with Crippen molar-refractivity contribution in [2.24, 2.45) is 5.73 Å². The summed E-state index contributed by atoms with van der Waals surface area (Å²) in [5.41, 5.74) is 9.97. The summed E-state index contributed by atoms with van der Waals surface area (Å²) >= 11 is 1.23. The lowest BCUT2D eigenvalue weighted by Gasteiger charge is -2.31. The second-order valence-corrected chi connectivity index (χ2v) is 4.95. The molecule has 4 N–H and O–H groups in total. The summed E-state index contributed by atoms with van der Waals surface area (Å²) in [4.78, 5) is 4.51. The van der Waals surface area contributed by atoms with Crippen LogP contribution in [0.15, 0.2) is 6.20 Å². The van der Waals surface area contributed by atoms with Gasteiger partial charge in [-0.25, -0.2) is 9.37 Å². The predicted molar refractivity (Wildman–Crippen MR) is 55.8 cm³/mol. The molecule has 1 fully saturated rings. The Morgan fingerprint density at radius 2 is 2.43 bits per heavy atom. The fourth-order valence-corrected chi connectivity index (χ4v) is 2.79. The van der Waals surface area contributed by atoms with Crippen LogP contribution in [0, 0.1) is 0 Å². The van der Waals surface area contributed by atoms with Gasteiger partial charge in [-0.3, -0.25) is 0 Å². The monoisotopic (exact) mass is 215 g/mol. The maximum absolute atomic E-state index is 14.4. The molecule has 1 aliphatic rings. The van der Waals surface area contributed by atoms with E-state index in [1.165, 1.54) is 17.5 Å². The van der Waals surface area contributed by atoms with Crippen molar-refractivity contribution in [3.8, 4) is 0 Å². The van der Waals surface area contributed by atoms with Crippen LogP contribution in [-0.2, 0) is 5.67 Å². The molecule has 2 atom stereocenters. The minimum Gasteiger partial charge on any atom is -0.375 e. The van der Waals surface area contributed by atoms with Crippen molar-refractivity contribution in [2.75, 3.05) is 5.73 Å². The van der Waals surface area contributed by atoms with Crippen LogP contribution >= 0.6 is 11.3 Å². The van der Waals surface area contributed by atoms with Crippen LogP contribution in [0.5, 0.6) is 0 Å². The quantitative estimate of drug-likeness (QED) is 0.750. The molecule has 0 spiro atoms. The zero-order valence-corrected chi connectivity index (χ0v) is 8.69. The Kier molecular flexibility index (Phi) is 2.45. The van der Waals surface area contributed by atoms with Gasteiger partial charge in [0.05, 0.1) is 4.88 Å². The molecule has 5 heteroatoms. The number of aromatic nitrogens is 1. The highest BCUT2D eigenvalue weighted by Crippen LogP contribution is 2.42. The summed E-state index contributed by atoms with van der Waals surface area (Å²) in [5.74, 6) is 0. The van der Waals surface area contributed by atoms with E-state index >= 15 is 0 Å². The van der Waals surface area contributed by atoms with E-state index < -0.39 is 5.67 Å². The lowest BCUT2D eigenvalue weighted by atomic mass is 9.83. The molecule has 0 aromatic carbocycles. The Labute approximate surface area is 86.3 Å². The van der Waals surface area contributed by atoms with Crippen LogP contribution in [-0.4, -0.2) is 11.0 Å². The van der Waals surface area contributed by atoms with Gasteiger partial charge in [-0.2, -0.15) is 0 Å². The summed E-state index contributed by atoms with van der Waals surface area (Å²) in [7, 11) is 0. The van der Waals surface area contributed by atoms with Crippen LogP contribution in [0.2, 0.25) is 0 Å². The molecular formula is C9H14FN3S. The highest BCUT2D eigenvalue weighted by Gasteiger charge is 2.38. The van der Waals surface area contributed by atoms with Crippen LogP contribution in [0.3, 0.4) is 0 Å². The SMILES string of the molecule is Nc1ncc(C2(F)CCCC(N)C2)s1. The fraction of sp³-hybridized carbons (Fsp3) is 0.667. The Morgan fingerprint density at radius 3 is 3.00 bits per heavy atom. The Balaban J connectivity index is 2.22. The van der Waals surface area contributed by atoms with Gasteiger partial charge in [0.2, 0.25) is 0 Å². The van der Waals surface area contributed by atoms with Crippen molar-refractivity contribution in [2.45, 2.75) is 37.4 Å². The molecule has 14 heavy (non-hydrogen) atoms. The first-order valence-electron chi connectivity index (χ1n) is 4.76. The van der Waals surface area contributed by atoms with Crippen molar-refractivity contribution in [1.29, 1.82) is 0 Å². The van der Waals surface area contributed by atoms with E-state index in [9.17, 15) is 4.39 Å². The van der Waals surface area contributed by atoms with E-state index in [1.54, 1.807) is 0 Å². The molecule has 3 nitrogen and oxygen atoms in total. The minimum absolute atomic E-state index is 0.0305. The molecule has 0 bridgehead atoms. The van der Waals surface area contributed by atoms with Gasteiger partial charge in [0, 0.05) is 18.7 Å². The number of nitrogen functional groups attached to an aromatic ring is 1. The van der Waals surface area contributed by atoms with Crippen molar-refractivity contribution < 1.29 is 4.39 Å². The first-order valence-corrected chi connectivity index (χ1v) is 5.58. The number of thiazole rings is 1. The molecule has 0 aliphatic heterocycles. The molecule has 1 aliphatic carbocycles. The average molecular weight is 215 g/mol. The number of hydrogen-bond donors (Lipinski definition) is 2. The lowest BCUT2D eigenvalue weighted by Crippen LogP contribution is -2.35. The molecule has 2 unspecified atom stereocenters. The third kappa shape index (κ3) is 1.74. The highest BCUT2D eigenvalue weighted by atomic mass is 32.1. The summed E-state index contributed by atoms with van der Waals surface area (Å²) in [6, 6.07) is -0.0305. The van der Waals surface area contributed by atoms with E-state index in [2.05, 4.69) is 4.98 Å². The summed E-state index contributed by atoms with van der Waals surface area (Å²) in [6.45, 7) is 0. The van der Waals surface area contributed by atoms with Gasteiger partial charge >= 0.3 is 0 Å². The maximum Gasteiger partial charge on any atom is 0.180 e. The first-order chi connectivity index (χ1) is 6.60. The number of nitrogens with two attached hydrogens (primary N) is 2. The van der Waals surface area contributed by atoms with E-state index in [4.69, 9.17) is 11.5 Å². The molecule has 0 saturated heterocycles. The van der Waals surface area contributed by atoms with Crippen molar-refractivity contribution >= 4 is 16.5 Å². The zero-order valence-electron chi connectivity index (χ0n) is 7.87. The predicted octanol–water partition coefficient (Wildman–Crippen LogP) is 1.79. The highest BCUT2D eigenvalue weighted by molar-refractivity contribution is 7.15. The second kappa shape index (κ2) is 3.47. The van der Waals surface area contributed by atoms with Gasteiger partial charge in [-0.05, 0) is 19.3 Å². The van der Waals surface area contributed by atoms with Crippen LogP contribution in [0.25, 0.3) is 0 Å². The van der Waals surface area contributed by atoms with E-state index in [0.717, 1.165) is 12.8 Å². The molecular weight excluding hydrogens is 201 g/mol. The molecule has 1 aromatic rings. The van der Waals surface area contributed by atoms with Crippen LogP contribution in [0.1, 0.15) is 30.6 Å². The molecule has 0 amide bonds. The van der Waals surface area contributed by atoms with Gasteiger partial charge in [-0.1, -0.05) is 11.3 Å². The van der Waals surface area contributed by atoms with Crippen molar-refractivity contribution in [1.82, 2.24) is 4.98 Å². The van der Waals surface area contributed by atoms with E-state index in [0.29, 0.717) is 22.9 Å². The number of nitrogens with zero attached hydrogens (tertiary/aromatic N) is 1. The van der Waals surface area contributed by atoms with Crippen molar-refractivity contribution in [3.05, 3.63) is 11.1 Å². The number of halogens is 1. The standard InChI is InChI=1S/C9H14FN3S/c10-9(3-1-2-6(11)4-9)7-5-13-8(12)14-7/h5-6H,1-4,11H2,(H2,12,13). The largest absolute Gasteiger partial charge is 0.375 e. The van der Waals surface area contributed by atoms with Crippen LogP contribution in [0.4, 0.5) is 9.52 Å². The Hall–Kier alpha value is -0.680. The summed E-state index contributed by atoms with van der Waals surface area (Å²) in [5, 5.41) is 0.427. The summed E-state index contributed by atoms with van der Waals surface area (Å²) in [6.07, 6.45) is 4.24. The molecule has 2 rings (SSSR count). The van der Waals surface area contributed by atoms with Gasteiger partial charge in [0.1, 0.15) is 5.67 Å². The van der Waals surface area contributed by atoms with Crippen LogP contribution < -0.4 is 11.5 Å². The lowest BCUT2D eigenvalue weighted by molar-refractivity contribution is 0.0986. The van der Waals surface area contributed by atoms with E-state index in [-0.39, 0.29) is 6.04 Å². The number of alkyl halides is 1. The van der Waals surface area contributed by atoms with Gasteiger partial charge in [0.25, 0.3) is 0 Å². The molecule has 1 heterocycles. The van der Waals surface area contributed by atoms with Gasteiger partial charge < -0.3 is 11.5 Å². The fourth-order valence-electron chi connectivity index (χ4n) is 1.98. The smallest absolute Gasteiger partial charge is 0.180 e. The number of anilines is 1. The normalized spacial score (nSPS) is 33.1. The maximum atomic E-state index is 14.4. The number of hydrogen-bond acceptors (Lipinski definition) is 4. The van der Waals surface area contributed by atoms with E-state index in [1.807, 2.05) is 0 Å². The minimum atomic E-state index is -1.28. The zero-order chi connectivity index (χ0) is 10.2. The average Bonchev–Trinajstić information content (AvgIpc) is 2.52. The topological polar surface area (TPSA) is 64.9 Å². The molecule has 78 valence electrons. The molecule has 0 radical (unpaired) electrons.